The van der Waals surface area contributed by atoms with Crippen molar-refractivity contribution in [2.45, 2.75) is 6.29 Å². The molecule has 4 nitrogen and oxygen atoms in total. The van der Waals surface area contributed by atoms with Gasteiger partial charge in [0.25, 0.3) is 0 Å². The SMILES string of the molecule is FC1(F)Oc2ccc(-c3ccn[nH]3)cc2O1. The van der Waals surface area contributed by atoms with Crippen molar-refractivity contribution in [2.75, 3.05) is 0 Å². The molecule has 16 heavy (non-hydrogen) atoms. The molecule has 0 spiro atoms. The van der Waals surface area contributed by atoms with Crippen molar-refractivity contribution in [3.63, 3.8) is 0 Å². The third kappa shape index (κ3) is 1.39. The molecule has 0 amide bonds. The molecular weight excluding hydrogens is 218 g/mol. The Morgan fingerprint density at radius 1 is 1.12 bits per heavy atom. The van der Waals surface area contributed by atoms with Crippen LogP contribution < -0.4 is 9.47 Å². The first-order valence-electron chi connectivity index (χ1n) is 4.54. The molecule has 2 aromatic rings. The Morgan fingerprint density at radius 3 is 2.69 bits per heavy atom. The molecule has 3 rings (SSSR count). The first kappa shape index (κ1) is 9.14. The first-order valence-corrected chi connectivity index (χ1v) is 4.54. The summed E-state index contributed by atoms with van der Waals surface area (Å²) in [4.78, 5) is 0. The number of fused-ring (bicyclic) bond motifs is 1. The summed E-state index contributed by atoms with van der Waals surface area (Å²) in [5.74, 6) is 0.0605. The van der Waals surface area contributed by atoms with E-state index >= 15 is 0 Å². The van der Waals surface area contributed by atoms with Crippen LogP contribution in [0.5, 0.6) is 11.5 Å². The average molecular weight is 224 g/mol. The Hall–Kier alpha value is -2.11. The van der Waals surface area contributed by atoms with Gasteiger partial charge in [-0.2, -0.15) is 5.10 Å². The highest BCUT2D eigenvalue weighted by molar-refractivity contribution is 5.64. The van der Waals surface area contributed by atoms with Crippen molar-refractivity contribution >= 4 is 0 Å². The van der Waals surface area contributed by atoms with Crippen LogP contribution >= 0.6 is 0 Å². The topological polar surface area (TPSA) is 47.1 Å². The van der Waals surface area contributed by atoms with Crippen LogP contribution in [-0.4, -0.2) is 16.5 Å². The van der Waals surface area contributed by atoms with Crippen molar-refractivity contribution in [2.24, 2.45) is 0 Å². The largest absolute Gasteiger partial charge is 0.586 e. The molecule has 0 bridgehead atoms. The smallest absolute Gasteiger partial charge is 0.395 e. The molecule has 1 aliphatic rings. The second kappa shape index (κ2) is 2.94. The van der Waals surface area contributed by atoms with Gasteiger partial charge >= 0.3 is 6.29 Å². The third-order valence-electron chi connectivity index (χ3n) is 2.21. The van der Waals surface area contributed by atoms with Gasteiger partial charge in [0.15, 0.2) is 11.5 Å². The molecule has 1 aliphatic heterocycles. The number of aromatic amines is 1. The zero-order valence-electron chi connectivity index (χ0n) is 7.91. The van der Waals surface area contributed by atoms with Gasteiger partial charge in [-0.05, 0) is 24.3 Å². The molecule has 2 heterocycles. The van der Waals surface area contributed by atoms with E-state index in [9.17, 15) is 8.78 Å². The van der Waals surface area contributed by atoms with Gasteiger partial charge in [-0.25, -0.2) is 0 Å². The first-order chi connectivity index (χ1) is 7.64. The number of aromatic nitrogens is 2. The molecule has 6 heteroatoms. The number of hydrogen-bond donors (Lipinski definition) is 1. The summed E-state index contributed by atoms with van der Waals surface area (Å²) in [5.41, 5.74) is 1.43. The van der Waals surface area contributed by atoms with Crippen molar-refractivity contribution in [1.82, 2.24) is 10.2 Å². The minimum Gasteiger partial charge on any atom is -0.395 e. The number of hydrogen-bond acceptors (Lipinski definition) is 3. The molecule has 0 fully saturated rings. The van der Waals surface area contributed by atoms with Crippen LogP contribution in [0.3, 0.4) is 0 Å². The quantitative estimate of drug-likeness (QED) is 0.809. The van der Waals surface area contributed by atoms with Crippen LogP contribution in [0.15, 0.2) is 30.5 Å². The lowest BCUT2D eigenvalue weighted by Gasteiger charge is -2.04. The monoisotopic (exact) mass is 224 g/mol. The lowest BCUT2D eigenvalue weighted by molar-refractivity contribution is -0.286. The van der Waals surface area contributed by atoms with Crippen LogP contribution in [0.25, 0.3) is 11.3 Å². The maximum atomic E-state index is 12.7. The highest BCUT2D eigenvalue weighted by Gasteiger charge is 2.43. The lowest BCUT2D eigenvalue weighted by Crippen LogP contribution is -2.25. The van der Waals surface area contributed by atoms with E-state index in [4.69, 9.17) is 0 Å². The van der Waals surface area contributed by atoms with E-state index in [1.165, 1.54) is 12.1 Å². The number of ether oxygens (including phenoxy) is 2. The van der Waals surface area contributed by atoms with E-state index < -0.39 is 6.29 Å². The Balaban J connectivity index is 2.03. The summed E-state index contributed by atoms with van der Waals surface area (Å²) in [5, 5.41) is 6.51. The standard InChI is InChI=1S/C10H6F2N2O2/c11-10(12)15-8-2-1-6(5-9(8)16-10)7-3-4-13-14-7/h1-5H,(H,13,14). The molecule has 1 N–H and O–H groups in total. The molecule has 82 valence electrons. The molecule has 0 atom stereocenters. The van der Waals surface area contributed by atoms with Crippen molar-refractivity contribution in [3.05, 3.63) is 30.5 Å². The second-order valence-corrected chi connectivity index (χ2v) is 3.30. The predicted octanol–water partition coefficient (Wildman–Crippen LogP) is 2.40. The van der Waals surface area contributed by atoms with Crippen molar-refractivity contribution in [3.8, 4) is 22.8 Å². The van der Waals surface area contributed by atoms with Gasteiger partial charge < -0.3 is 9.47 Å². The summed E-state index contributed by atoms with van der Waals surface area (Å²) >= 11 is 0. The van der Waals surface area contributed by atoms with Gasteiger partial charge in [0.1, 0.15) is 0 Å². The van der Waals surface area contributed by atoms with Crippen LogP contribution in [-0.2, 0) is 0 Å². The third-order valence-corrected chi connectivity index (χ3v) is 2.21. The average Bonchev–Trinajstić information content (AvgIpc) is 2.80. The van der Waals surface area contributed by atoms with E-state index in [1.807, 2.05) is 0 Å². The van der Waals surface area contributed by atoms with Gasteiger partial charge in [0, 0.05) is 11.8 Å². The summed E-state index contributed by atoms with van der Waals surface area (Å²) in [6.07, 6.45) is -2.00. The Kier molecular flexibility index (Phi) is 1.68. The Bertz CT molecular complexity index is 526. The molecule has 1 aromatic carbocycles. The van der Waals surface area contributed by atoms with Gasteiger partial charge in [-0.3, -0.25) is 5.10 Å². The molecule has 0 radical (unpaired) electrons. The van der Waals surface area contributed by atoms with E-state index in [1.54, 1.807) is 18.3 Å². The summed E-state index contributed by atoms with van der Waals surface area (Å²) < 4.78 is 34.1. The highest BCUT2D eigenvalue weighted by Crippen LogP contribution is 2.42. The number of rotatable bonds is 1. The number of alkyl halides is 2. The minimum atomic E-state index is -3.57. The molecule has 0 saturated heterocycles. The normalized spacial score (nSPS) is 16.4. The maximum Gasteiger partial charge on any atom is 0.586 e. The molecule has 0 unspecified atom stereocenters. The number of benzene rings is 1. The van der Waals surface area contributed by atoms with Crippen LogP contribution in [0.2, 0.25) is 0 Å². The van der Waals surface area contributed by atoms with Crippen LogP contribution in [0, 0.1) is 0 Å². The predicted molar refractivity (Wildman–Crippen MR) is 50.2 cm³/mol. The van der Waals surface area contributed by atoms with Crippen LogP contribution in [0.1, 0.15) is 0 Å². The Labute approximate surface area is 88.8 Å². The fraction of sp³-hybridized carbons (Fsp3) is 0.100. The minimum absolute atomic E-state index is 0.0251. The molecule has 0 saturated carbocycles. The summed E-state index contributed by atoms with van der Waals surface area (Å²) in [6, 6.07) is 6.29. The number of nitrogens with zero attached hydrogens (tertiary/aromatic N) is 1. The fourth-order valence-electron chi connectivity index (χ4n) is 1.53. The van der Waals surface area contributed by atoms with Crippen molar-refractivity contribution in [1.29, 1.82) is 0 Å². The van der Waals surface area contributed by atoms with E-state index in [0.717, 1.165) is 5.69 Å². The molecule has 0 aliphatic carbocycles. The summed E-state index contributed by atoms with van der Waals surface area (Å²) in [7, 11) is 0. The Morgan fingerprint density at radius 2 is 1.94 bits per heavy atom. The second-order valence-electron chi connectivity index (χ2n) is 3.30. The number of nitrogens with one attached hydrogen (secondary N) is 1. The highest BCUT2D eigenvalue weighted by atomic mass is 19.3. The van der Waals surface area contributed by atoms with E-state index in [-0.39, 0.29) is 11.5 Å². The zero-order valence-corrected chi connectivity index (χ0v) is 7.91. The lowest BCUT2D eigenvalue weighted by atomic mass is 10.1. The van der Waals surface area contributed by atoms with Crippen molar-refractivity contribution < 1.29 is 18.3 Å². The number of halogens is 2. The summed E-state index contributed by atoms with van der Waals surface area (Å²) in [6.45, 7) is 0. The van der Waals surface area contributed by atoms with Gasteiger partial charge in [0.2, 0.25) is 0 Å². The molecular formula is C10H6F2N2O2. The number of H-pyrrole nitrogens is 1. The van der Waals surface area contributed by atoms with E-state index in [2.05, 4.69) is 19.7 Å². The zero-order chi connectivity index (χ0) is 11.2. The van der Waals surface area contributed by atoms with E-state index in [0.29, 0.717) is 5.56 Å². The maximum absolute atomic E-state index is 12.7. The van der Waals surface area contributed by atoms with Gasteiger partial charge in [-0.15, -0.1) is 8.78 Å². The fourth-order valence-corrected chi connectivity index (χ4v) is 1.53. The van der Waals surface area contributed by atoms with Gasteiger partial charge in [0.05, 0.1) is 5.69 Å². The van der Waals surface area contributed by atoms with Crippen LogP contribution in [0.4, 0.5) is 8.78 Å². The van der Waals surface area contributed by atoms with Gasteiger partial charge in [-0.1, -0.05) is 0 Å². The molecule has 1 aromatic heterocycles.